The average molecular weight is 369 g/mol. The van der Waals surface area contributed by atoms with Gasteiger partial charge in [0.05, 0.1) is 24.6 Å². The Hall–Kier alpha value is -2.60. The normalized spacial score (nSPS) is 11.2. The highest BCUT2D eigenvalue weighted by Crippen LogP contribution is 2.32. The third-order valence-electron chi connectivity index (χ3n) is 3.52. The summed E-state index contributed by atoms with van der Waals surface area (Å²) in [6, 6.07) is 6.88. The molecular formula is C16H14F3N3O2S. The Morgan fingerprint density at radius 2 is 2.04 bits per heavy atom. The van der Waals surface area contributed by atoms with Crippen LogP contribution in [0.3, 0.4) is 0 Å². The number of aromatic nitrogens is 1. The summed E-state index contributed by atoms with van der Waals surface area (Å²) < 4.78 is 40.4. The van der Waals surface area contributed by atoms with Crippen molar-refractivity contribution in [3.05, 3.63) is 55.6 Å². The summed E-state index contributed by atoms with van der Waals surface area (Å²) in [6.45, 7) is 1.37. The molecule has 0 saturated heterocycles. The molecule has 0 spiro atoms. The van der Waals surface area contributed by atoms with Gasteiger partial charge < -0.3 is 5.32 Å². The minimum absolute atomic E-state index is 0.0468. The number of nitrogens with one attached hydrogen (secondary N) is 1. The van der Waals surface area contributed by atoms with Crippen LogP contribution in [0.4, 0.5) is 13.2 Å². The van der Waals surface area contributed by atoms with Crippen LogP contribution in [0.15, 0.2) is 29.1 Å². The highest BCUT2D eigenvalue weighted by atomic mass is 32.1. The number of hydrogen-bond donors (Lipinski definition) is 1. The van der Waals surface area contributed by atoms with E-state index in [9.17, 15) is 22.8 Å². The molecule has 5 nitrogen and oxygen atoms in total. The number of carbonyl (C=O) groups is 1. The van der Waals surface area contributed by atoms with Crippen LogP contribution >= 0.6 is 11.3 Å². The van der Waals surface area contributed by atoms with Gasteiger partial charge in [0, 0.05) is 12.2 Å². The van der Waals surface area contributed by atoms with Gasteiger partial charge in [-0.25, -0.2) is 0 Å². The van der Waals surface area contributed by atoms with Crippen LogP contribution in [0.5, 0.6) is 0 Å². The largest absolute Gasteiger partial charge is 0.416 e. The Morgan fingerprint density at radius 3 is 2.68 bits per heavy atom. The van der Waals surface area contributed by atoms with Gasteiger partial charge in [0.25, 0.3) is 5.91 Å². The molecule has 1 aromatic carbocycles. The van der Waals surface area contributed by atoms with Gasteiger partial charge in [-0.2, -0.15) is 18.4 Å². The summed E-state index contributed by atoms with van der Waals surface area (Å²) in [5.41, 5.74) is -0.566. The van der Waals surface area contributed by atoms with Crippen LogP contribution in [0, 0.1) is 18.3 Å². The quantitative estimate of drug-likeness (QED) is 0.824. The first-order valence-electron chi connectivity index (χ1n) is 7.26. The number of carbonyl (C=O) groups excluding carboxylic acids is 1. The van der Waals surface area contributed by atoms with Crippen molar-refractivity contribution in [1.82, 2.24) is 9.88 Å². The second kappa shape index (κ2) is 7.53. The maximum Gasteiger partial charge on any atom is 0.416 e. The van der Waals surface area contributed by atoms with Crippen LogP contribution in [-0.4, -0.2) is 17.0 Å². The zero-order chi connectivity index (χ0) is 18.6. The summed E-state index contributed by atoms with van der Waals surface area (Å²) >= 11 is 0.671. The van der Waals surface area contributed by atoms with Crippen molar-refractivity contribution in [2.75, 3.05) is 6.54 Å². The smallest absolute Gasteiger partial charge is 0.350 e. The van der Waals surface area contributed by atoms with Gasteiger partial charge in [-0.1, -0.05) is 29.5 Å². The molecule has 0 fully saturated rings. The van der Waals surface area contributed by atoms with Gasteiger partial charge in [-0.3, -0.25) is 14.2 Å². The van der Waals surface area contributed by atoms with E-state index in [0.29, 0.717) is 17.0 Å². The number of rotatable bonds is 5. The zero-order valence-corrected chi connectivity index (χ0v) is 14.0. The van der Waals surface area contributed by atoms with Gasteiger partial charge in [-0.15, -0.1) is 0 Å². The summed E-state index contributed by atoms with van der Waals surface area (Å²) in [5, 5.41) is 11.0. The molecule has 0 bridgehead atoms. The fourth-order valence-electron chi connectivity index (χ4n) is 2.29. The first kappa shape index (κ1) is 18.7. The molecule has 2 aromatic rings. The molecule has 9 heteroatoms. The number of nitrogens with zero attached hydrogens (tertiary/aromatic N) is 2. The second-order valence-corrected chi connectivity index (χ2v) is 6.15. The summed E-state index contributed by atoms with van der Waals surface area (Å²) in [4.78, 5) is 23.8. The Kier molecular flexibility index (Phi) is 5.64. The molecule has 1 amide bonds. The molecule has 0 aliphatic heterocycles. The first-order valence-corrected chi connectivity index (χ1v) is 8.07. The molecule has 0 aliphatic carbocycles. The Bertz CT molecular complexity index is 878. The van der Waals surface area contributed by atoms with Crippen LogP contribution in [0.2, 0.25) is 0 Å². The van der Waals surface area contributed by atoms with Gasteiger partial charge in [-0.05, 0) is 18.6 Å². The SMILES string of the molecule is Cc1c(C(=O)NCCC#N)sc(=O)n1Cc1ccccc1C(F)(F)F. The Labute approximate surface area is 145 Å². The second-order valence-electron chi connectivity index (χ2n) is 5.19. The first-order chi connectivity index (χ1) is 11.8. The molecule has 1 N–H and O–H groups in total. The van der Waals surface area contributed by atoms with E-state index >= 15 is 0 Å². The third-order valence-corrected chi connectivity index (χ3v) is 4.60. The number of benzene rings is 1. The molecule has 0 aliphatic rings. The number of alkyl halides is 3. The van der Waals surface area contributed by atoms with Crippen LogP contribution in [0.1, 0.15) is 32.9 Å². The Balaban J connectivity index is 2.33. The van der Waals surface area contributed by atoms with Crippen LogP contribution < -0.4 is 10.2 Å². The molecule has 0 atom stereocenters. The van der Waals surface area contributed by atoms with Crippen LogP contribution in [-0.2, 0) is 12.7 Å². The van der Waals surface area contributed by atoms with E-state index in [0.717, 1.165) is 10.6 Å². The molecule has 2 rings (SSSR count). The van der Waals surface area contributed by atoms with E-state index in [1.165, 1.54) is 25.1 Å². The average Bonchev–Trinajstić information content (AvgIpc) is 2.83. The van der Waals surface area contributed by atoms with Crippen molar-refractivity contribution in [2.45, 2.75) is 26.1 Å². The zero-order valence-electron chi connectivity index (χ0n) is 13.2. The molecule has 25 heavy (non-hydrogen) atoms. The Morgan fingerprint density at radius 1 is 1.36 bits per heavy atom. The fraction of sp³-hybridized carbons (Fsp3) is 0.312. The van der Waals surface area contributed by atoms with Crippen molar-refractivity contribution < 1.29 is 18.0 Å². The van der Waals surface area contributed by atoms with Gasteiger partial charge in [0.1, 0.15) is 4.88 Å². The highest BCUT2D eigenvalue weighted by Gasteiger charge is 2.33. The lowest BCUT2D eigenvalue weighted by atomic mass is 10.1. The number of halogens is 3. The molecule has 1 aromatic heterocycles. The predicted molar refractivity (Wildman–Crippen MR) is 86.4 cm³/mol. The van der Waals surface area contributed by atoms with Crippen molar-refractivity contribution in [3.8, 4) is 6.07 Å². The van der Waals surface area contributed by atoms with Gasteiger partial charge >= 0.3 is 11.0 Å². The lowest BCUT2D eigenvalue weighted by Crippen LogP contribution is -2.24. The standard InChI is InChI=1S/C16H14F3N3O2S/c1-10-13(14(23)21-8-4-7-20)25-15(24)22(10)9-11-5-2-3-6-12(11)16(17,18)19/h2-3,5-6H,4,8-9H2,1H3,(H,21,23). The van der Waals surface area contributed by atoms with Crippen molar-refractivity contribution >= 4 is 17.2 Å². The summed E-state index contributed by atoms with van der Waals surface area (Å²) in [5.74, 6) is -0.516. The van der Waals surface area contributed by atoms with Gasteiger partial charge in [0.15, 0.2) is 0 Å². The predicted octanol–water partition coefficient (Wildman–Crippen LogP) is 2.93. The van der Waals surface area contributed by atoms with Crippen LogP contribution in [0.25, 0.3) is 0 Å². The summed E-state index contributed by atoms with van der Waals surface area (Å²) in [7, 11) is 0. The fourth-order valence-corrected chi connectivity index (χ4v) is 3.20. The van der Waals surface area contributed by atoms with E-state index in [4.69, 9.17) is 5.26 Å². The summed E-state index contributed by atoms with van der Waals surface area (Å²) in [6.07, 6.45) is -4.40. The lowest BCUT2D eigenvalue weighted by Gasteiger charge is -2.13. The van der Waals surface area contributed by atoms with Crippen molar-refractivity contribution in [1.29, 1.82) is 5.26 Å². The maximum atomic E-state index is 13.1. The molecule has 0 saturated carbocycles. The topological polar surface area (TPSA) is 74.9 Å². The van der Waals surface area contributed by atoms with E-state index in [2.05, 4.69) is 5.32 Å². The van der Waals surface area contributed by atoms with Crippen molar-refractivity contribution in [2.24, 2.45) is 0 Å². The number of amides is 1. The number of thiazole rings is 1. The lowest BCUT2D eigenvalue weighted by molar-refractivity contribution is -0.138. The molecular weight excluding hydrogens is 355 g/mol. The van der Waals surface area contributed by atoms with E-state index < -0.39 is 22.5 Å². The monoisotopic (exact) mass is 369 g/mol. The minimum atomic E-state index is -4.53. The van der Waals surface area contributed by atoms with E-state index in [1.54, 1.807) is 0 Å². The van der Waals surface area contributed by atoms with Gasteiger partial charge in [0.2, 0.25) is 0 Å². The third kappa shape index (κ3) is 4.28. The molecule has 1 heterocycles. The maximum absolute atomic E-state index is 13.1. The highest BCUT2D eigenvalue weighted by molar-refractivity contribution is 7.11. The minimum Gasteiger partial charge on any atom is -0.350 e. The van der Waals surface area contributed by atoms with Crippen molar-refractivity contribution in [3.63, 3.8) is 0 Å². The molecule has 0 unspecified atom stereocenters. The van der Waals surface area contributed by atoms with E-state index in [-0.39, 0.29) is 30.0 Å². The molecule has 0 radical (unpaired) electrons. The number of hydrogen-bond acceptors (Lipinski definition) is 4. The van der Waals surface area contributed by atoms with E-state index in [1.807, 2.05) is 6.07 Å². The molecule has 132 valence electrons. The number of nitriles is 1.